The maximum absolute atomic E-state index is 12.5. The van der Waals surface area contributed by atoms with Gasteiger partial charge in [-0.25, -0.2) is 4.79 Å². The minimum absolute atomic E-state index is 0.135. The van der Waals surface area contributed by atoms with Gasteiger partial charge in [0.05, 0.1) is 6.04 Å². The van der Waals surface area contributed by atoms with Crippen LogP contribution in [0.5, 0.6) is 0 Å². The molecule has 1 aromatic carbocycles. The van der Waals surface area contributed by atoms with Gasteiger partial charge in [-0.05, 0) is 31.9 Å². The first kappa shape index (κ1) is 20.4. The van der Waals surface area contributed by atoms with E-state index < -0.39 is 12.1 Å². The Morgan fingerprint density at radius 3 is 2.41 bits per heavy atom. The van der Waals surface area contributed by atoms with Crippen LogP contribution in [0.4, 0.5) is 0 Å². The Labute approximate surface area is 159 Å². The summed E-state index contributed by atoms with van der Waals surface area (Å²) in [6.07, 6.45) is 2.31. The van der Waals surface area contributed by atoms with E-state index >= 15 is 0 Å². The molecule has 2 rings (SSSR count). The van der Waals surface area contributed by atoms with Crippen molar-refractivity contribution in [1.29, 1.82) is 0 Å². The first-order valence-electron chi connectivity index (χ1n) is 9.07. The molecule has 1 heterocycles. The maximum Gasteiger partial charge on any atom is 0.355 e. The lowest BCUT2D eigenvalue weighted by atomic mass is 10.0. The summed E-state index contributed by atoms with van der Waals surface area (Å²) in [5, 5.41) is 2.95. The monoisotopic (exact) mass is 370 g/mol. The van der Waals surface area contributed by atoms with Gasteiger partial charge >= 0.3 is 5.97 Å². The molecule has 0 unspecified atom stereocenters. The average Bonchev–Trinajstić information content (AvgIpc) is 3.04. The summed E-state index contributed by atoms with van der Waals surface area (Å²) in [6, 6.07) is 11.0. The minimum atomic E-state index is -0.948. The Kier molecular flexibility index (Phi) is 6.93. The molecule has 27 heavy (non-hydrogen) atoms. The Hall–Kier alpha value is -2.89. The summed E-state index contributed by atoms with van der Waals surface area (Å²) >= 11 is 0. The number of aromatic nitrogens is 1. The number of hydrogen-bond donors (Lipinski definition) is 1. The minimum Gasteiger partial charge on any atom is -0.448 e. The van der Waals surface area contributed by atoms with E-state index in [1.165, 1.54) is 24.5 Å². The zero-order valence-electron chi connectivity index (χ0n) is 16.2. The van der Waals surface area contributed by atoms with E-state index in [0.29, 0.717) is 5.56 Å². The van der Waals surface area contributed by atoms with Crippen molar-refractivity contribution in [3.8, 4) is 0 Å². The lowest BCUT2D eigenvalue weighted by Gasteiger charge is -2.21. The van der Waals surface area contributed by atoms with Crippen LogP contribution in [-0.2, 0) is 16.6 Å². The fraction of sp³-hybridized carbons (Fsp3) is 0.381. The highest BCUT2D eigenvalue weighted by molar-refractivity contribution is 5.98. The van der Waals surface area contributed by atoms with Gasteiger partial charge in [0.25, 0.3) is 5.91 Å². The number of carbonyl (C=O) groups excluding carboxylic acids is 3. The molecule has 0 spiro atoms. The van der Waals surface area contributed by atoms with Crippen LogP contribution in [0.1, 0.15) is 66.1 Å². The predicted octanol–water partition coefficient (Wildman–Crippen LogP) is 3.43. The molecule has 1 N–H and O–H groups in total. The molecule has 0 aliphatic heterocycles. The molecular formula is C21H26N2O4. The normalized spacial score (nSPS) is 12.9. The van der Waals surface area contributed by atoms with Crippen LogP contribution < -0.4 is 5.32 Å². The highest BCUT2D eigenvalue weighted by Crippen LogP contribution is 2.18. The number of benzene rings is 1. The van der Waals surface area contributed by atoms with Crippen molar-refractivity contribution in [3.05, 3.63) is 59.4 Å². The van der Waals surface area contributed by atoms with Gasteiger partial charge in [0, 0.05) is 18.8 Å². The molecule has 0 aliphatic rings. The Morgan fingerprint density at radius 2 is 1.85 bits per heavy atom. The third-order valence-electron chi connectivity index (χ3n) is 4.37. The number of rotatable bonds is 8. The molecule has 0 aliphatic carbocycles. The number of amides is 1. The molecule has 0 radical (unpaired) electrons. The van der Waals surface area contributed by atoms with Crippen LogP contribution in [0.15, 0.2) is 42.6 Å². The van der Waals surface area contributed by atoms with Crippen LogP contribution in [0.2, 0.25) is 0 Å². The predicted molar refractivity (Wildman–Crippen MR) is 103 cm³/mol. The molecular weight excluding hydrogens is 344 g/mol. The van der Waals surface area contributed by atoms with Crippen LogP contribution >= 0.6 is 0 Å². The largest absolute Gasteiger partial charge is 0.448 e. The van der Waals surface area contributed by atoms with E-state index in [1.807, 2.05) is 37.3 Å². The van der Waals surface area contributed by atoms with Crippen LogP contribution in [0.3, 0.4) is 0 Å². The Balaban J connectivity index is 2.03. The number of esters is 1. The zero-order chi connectivity index (χ0) is 20.0. The highest BCUT2D eigenvalue weighted by Gasteiger charge is 2.24. The van der Waals surface area contributed by atoms with Gasteiger partial charge in [0.1, 0.15) is 5.69 Å². The number of Topliss-reactive ketones (excluding diaryl/α,β-unsaturated/α-hetero) is 1. The number of ketones is 1. The van der Waals surface area contributed by atoms with Gasteiger partial charge in [-0.2, -0.15) is 0 Å². The van der Waals surface area contributed by atoms with E-state index in [9.17, 15) is 14.4 Å². The van der Waals surface area contributed by atoms with Gasteiger partial charge < -0.3 is 14.6 Å². The lowest BCUT2D eigenvalue weighted by molar-refractivity contribution is -0.130. The topological polar surface area (TPSA) is 77.4 Å². The fourth-order valence-electron chi connectivity index (χ4n) is 2.82. The first-order valence-corrected chi connectivity index (χ1v) is 9.07. The second-order valence-electron chi connectivity index (χ2n) is 6.59. The average molecular weight is 370 g/mol. The SMILES string of the molecule is CCC[C@@H](NC(=O)[C@H](C)OC(=O)c1cc(C(C)=O)cn1C)c1ccccc1. The summed E-state index contributed by atoms with van der Waals surface area (Å²) in [5.41, 5.74) is 1.67. The second kappa shape index (κ2) is 9.16. The van der Waals surface area contributed by atoms with Crippen LogP contribution in [-0.4, -0.2) is 28.3 Å². The van der Waals surface area contributed by atoms with Crippen LogP contribution in [0, 0.1) is 0 Å². The summed E-state index contributed by atoms with van der Waals surface area (Å²) in [6.45, 7) is 5.02. The number of ether oxygens (including phenoxy) is 1. The molecule has 1 amide bonds. The van der Waals surface area contributed by atoms with Gasteiger partial charge in [-0.15, -0.1) is 0 Å². The van der Waals surface area contributed by atoms with E-state index in [-0.39, 0.29) is 23.4 Å². The molecule has 2 aromatic rings. The van der Waals surface area contributed by atoms with Crippen molar-refractivity contribution < 1.29 is 19.1 Å². The number of aryl methyl sites for hydroxylation is 1. The zero-order valence-corrected chi connectivity index (χ0v) is 16.2. The van der Waals surface area contributed by atoms with Gasteiger partial charge in [-0.1, -0.05) is 43.7 Å². The highest BCUT2D eigenvalue weighted by atomic mass is 16.5. The first-order chi connectivity index (χ1) is 12.8. The molecule has 0 saturated heterocycles. The summed E-state index contributed by atoms with van der Waals surface area (Å²) in [7, 11) is 1.65. The van der Waals surface area contributed by atoms with E-state index in [2.05, 4.69) is 5.32 Å². The van der Waals surface area contributed by atoms with E-state index in [1.54, 1.807) is 13.2 Å². The summed E-state index contributed by atoms with van der Waals surface area (Å²) < 4.78 is 6.83. The second-order valence-corrected chi connectivity index (χ2v) is 6.59. The number of carbonyl (C=O) groups is 3. The fourth-order valence-corrected chi connectivity index (χ4v) is 2.82. The molecule has 0 saturated carbocycles. The quantitative estimate of drug-likeness (QED) is 0.570. The standard InChI is InChI=1S/C21H26N2O4/c1-5-9-18(16-10-7-6-8-11-16)22-20(25)15(3)27-21(26)19-12-17(14(2)24)13-23(19)4/h6-8,10-13,15,18H,5,9H2,1-4H3,(H,22,25)/t15-,18+/m0/s1. The smallest absolute Gasteiger partial charge is 0.355 e. The maximum atomic E-state index is 12.5. The van der Waals surface area contributed by atoms with Crippen molar-refractivity contribution >= 4 is 17.7 Å². The third kappa shape index (κ3) is 5.29. The van der Waals surface area contributed by atoms with Gasteiger partial charge in [0.15, 0.2) is 11.9 Å². The van der Waals surface area contributed by atoms with E-state index in [0.717, 1.165) is 18.4 Å². The lowest BCUT2D eigenvalue weighted by Crippen LogP contribution is -2.38. The Bertz CT molecular complexity index is 811. The molecule has 0 bridgehead atoms. The third-order valence-corrected chi connectivity index (χ3v) is 4.37. The molecule has 2 atom stereocenters. The number of hydrogen-bond acceptors (Lipinski definition) is 4. The molecule has 0 fully saturated rings. The summed E-state index contributed by atoms with van der Waals surface area (Å²) in [5.74, 6) is -1.13. The van der Waals surface area contributed by atoms with E-state index in [4.69, 9.17) is 4.74 Å². The van der Waals surface area contributed by atoms with Gasteiger partial charge in [0.2, 0.25) is 0 Å². The molecule has 6 heteroatoms. The van der Waals surface area contributed by atoms with Crippen molar-refractivity contribution in [2.24, 2.45) is 7.05 Å². The van der Waals surface area contributed by atoms with Crippen molar-refractivity contribution in [2.75, 3.05) is 0 Å². The Morgan fingerprint density at radius 1 is 1.19 bits per heavy atom. The molecule has 144 valence electrons. The van der Waals surface area contributed by atoms with Gasteiger partial charge in [-0.3, -0.25) is 9.59 Å². The summed E-state index contributed by atoms with van der Waals surface area (Å²) in [4.78, 5) is 36.3. The molecule has 6 nitrogen and oxygen atoms in total. The number of nitrogens with one attached hydrogen (secondary N) is 1. The van der Waals surface area contributed by atoms with Crippen molar-refractivity contribution in [3.63, 3.8) is 0 Å². The van der Waals surface area contributed by atoms with Crippen molar-refractivity contribution in [2.45, 2.75) is 45.8 Å². The van der Waals surface area contributed by atoms with Crippen LogP contribution in [0.25, 0.3) is 0 Å². The molecule has 1 aromatic heterocycles. The van der Waals surface area contributed by atoms with Crippen molar-refractivity contribution in [1.82, 2.24) is 9.88 Å². The number of nitrogens with zero attached hydrogens (tertiary/aromatic N) is 1.